The average molecular weight is 337 g/mol. The summed E-state index contributed by atoms with van der Waals surface area (Å²) in [6, 6.07) is 7.41. The first-order chi connectivity index (χ1) is 11.2. The van der Waals surface area contributed by atoms with Gasteiger partial charge in [0.25, 0.3) is 0 Å². The number of carbonyl (C=O) groups is 1. The number of alkyl halides is 3. The summed E-state index contributed by atoms with van der Waals surface area (Å²) in [5.41, 5.74) is -1.39. The molecule has 0 aliphatic heterocycles. The zero-order valence-electron chi connectivity index (χ0n) is 11.9. The molecule has 0 atom stereocenters. The van der Waals surface area contributed by atoms with Crippen molar-refractivity contribution in [1.29, 1.82) is 0 Å². The molecule has 0 saturated heterocycles. The van der Waals surface area contributed by atoms with Crippen LogP contribution in [-0.4, -0.2) is 15.8 Å². The van der Waals surface area contributed by atoms with Crippen molar-refractivity contribution in [2.75, 3.05) is 0 Å². The minimum Gasteiger partial charge on any atom is -0.502 e. The number of phenols is 1. The second-order valence-corrected chi connectivity index (χ2v) is 4.78. The molecule has 0 amide bonds. The molecule has 0 heterocycles. The molecule has 0 spiro atoms. The van der Waals surface area contributed by atoms with Crippen LogP contribution in [0.1, 0.15) is 21.5 Å². The summed E-state index contributed by atoms with van der Waals surface area (Å²) in [6.07, 6.45) is -2.34. The van der Waals surface area contributed by atoms with E-state index in [0.29, 0.717) is 0 Å². The van der Waals surface area contributed by atoms with Crippen LogP contribution in [-0.2, 0) is 6.18 Å². The van der Waals surface area contributed by atoms with E-state index in [1.165, 1.54) is 18.2 Å². The van der Waals surface area contributed by atoms with Crippen LogP contribution in [0.3, 0.4) is 0 Å². The smallest absolute Gasteiger partial charge is 0.416 e. The van der Waals surface area contributed by atoms with Crippen LogP contribution in [0, 0.1) is 10.1 Å². The summed E-state index contributed by atoms with van der Waals surface area (Å²) < 4.78 is 37.9. The molecule has 8 heteroatoms. The number of nitrogens with zero attached hydrogens (tertiary/aromatic N) is 1. The average Bonchev–Trinajstić information content (AvgIpc) is 2.52. The summed E-state index contributed by atoms with van der Waals surface area (Å²) >= 11 is 0. The third-order valence-electron chi connectivity index (χ3n) is 3.10. The fraction of sp³-hybridized carbons (Fsp3) is 0.0625. The van der Waals surface area contributed by atoms with Crippen molar-refractivity contribution >= 4 is 17.5 Å². The molecule has 2 aromatic rings. The lowest BCUT2D eigenvalue weighted by Gasteiger charge is -2.07. The van der Waals surface area contributed by atoms with Gasteiger partial charge in [0.05, 0.1) is 10.5 Å². The fourth-order valence-corrected chi connectivity index (χ4v) is 1.91. The summed E-state index contributed by atoms with van der Waals surface area (Å²) in [5, 5.41) is 20.0. The van der Waals surface area contributed by atoms with Gasteiger partial charge in [-0.2, -0.15) is 13.2 Å². The Balaban J connectivity index is 2.25. The van der Waals surface area contributed by atoms with E-state index in [0.717, 1.165) is 36.4 Å². The number of allylic oxidation sites excluding steroid dienone is 1. The molecule has 0 aromatic heterocycles. The van der Waals surface area contributed by atoms with Gasteiger partial charge in [-0.25, -0.2) is 0 Å². The molecule has 0 radical (unpaired) electrons. The third kappa shape index (κ3) is 3.97. The van der Waals surface area contributed by atoms with Gasteiger partial charge in [-0.1, -0.05) is 24.3 Å². The van der Waals surface area contributed by atoms with E-state index < -0.39 is 33.9 Å². The fourth-order valence-electron chi connectivity index (χ4n) is 1.91. The number of nitro benzene ring substituents is 1. The molecule has 0 aliphatic carbocycles. The highest BCUT2D eigenvalue weighted by molar-refractivity contribution is 6.06. The molecule has 124 valence electrons. The largest absolute Gasteiger partial charge is 0.502 e. The molecule has 0 unspecified atom stereocenters. The zero-order chi connectivity index (χ0) is 17.9. The minimum absolute atomic E-state index is 0.158. The van der Waals surface area contributed by atoms with E-state index in [4.69, 9.17) is 0 Å². The van der Waals surface area contributed by atoms with Crippen molar-refractivity contribution in [3.8, 4) is 5.75 Å². The highest BCUT2D eigenvalue weighted by Crippen LogP contribution is 2.30. The first kappa shape index (κ1) is 17.2. The number of ketones is 1. The molecule has 0 saturated carbocycles. The second-order valence-electron chi connectivity index (χ2n) is 4.78. The number of benzene rings is 2. The molecule has 2 rings (SSSR count). The van der Waals surface area contributed by atoms with E-state index in [2.05, 4.69) is 0 Å². The molecule has 0 bridgehead atoms. The van der Waals surface area contributed by atoms with Crippen molar-refractivity contribution in [2.24, 2.45) is 0 Å². The molecule has 2 aromatic carbocycles. The normalized spacial score (nSPS) is 11.6. The van der Waals surface area contributed by atoms with E-state index >= 15 is 0 Å². The first-order valence-corrected chi connectivity index (χ1v) is 6.55. The molecular formula is C16H10F3NO4. The Morgan fingerprint density at radius 2 is 1.88 bits per heavy atom. The van der Waals surface area contributed by atoms with Gasteiger partial charge in [0.15, 0.2) is 11.5 Å². The first-order valence-electron chi connectivity index (χ1n) is 6.55. The molecule has 5 nitrogen and oxygen atoms in total. The number of hydrogen-bond acceptors (Lipinski definition) is 4. The van der Waals surface area contributed by atoms with Crippen LogP contribution in [0.4, 0.5) is 18.9 Å². The van der Waals surface area contributed by atoms with E-state index in [-0.39, 0.29) is 11.1 Å². The van der Waals surface area contributed by atoms with Gasteiger partial charge in [0.2, 0.25) is 0 Å². The minimum atomic E-state index is -4.56. The predicted molar refractivity (Wildman–Crippen MR) is 79.6 cm³/mol. The maximum absolute atomic E-state index is 12.6. The molecule has 1 N–H and O–H groups in total. The van der Waals surface area contributed by atoms with Crippen molar-refractivity contribution in [2.45, 2.75) is 6.18 Å². The Bertz CT molecular complexity index is 828. The SMILES string of the molecule is O=C(C=Cc1ccc(O)c([N+](=O)[O-])c1)c1cccc(C(F)(F)F)c1. The van der Waals surface area contributed by atoms with Crippen LogP contribution in [0.5, 0.6) is 5.75 Å². The van der Waals surface area contributed by atoms with Crippen LogP contribution < -0.4 is 0 Å². The molecule has 24 heavy (non-hydrogen) atoms. The lowest BCUT2D eigenvalue weighted by molar-refractivity contribution is -0.385. The van der Waals surface area contributed by atoms with Crippen LogP contribution >= 0.6 is 0 Å². The second kappa shape index (κ2) is 6.53. The van der Waals surface area contributed by atoms with Gasteiger partial charge in [0, 0.05) is 11.6 Å². The summed E-state index contributed by atoms with van der Waals surface area (Å²) in [4.78, 5) is 21.9. The Morgan fingerprint density at radius 1 is 1.17 bits per heavy atom. The zero-order valence-corrected chi connectivity index (χ0v) is 11.9. The summed E-state index contributed by atoms with van der Waals surface area (Å²) in [7, 11) is 0. The van der Waals surface area contributed by atoms with Gasteiger partial charge >= 0.3 is 11.9 Å². The molecule has 0 fully saturated rings. The van der Waals surface area contributed by atoms with Crippen molar-refractivity contribution < 1.29 is 28.0 Å². The van der Waals surface area contributed by atoms with Gasteiger partial charge in [-0.15, -0.1) is 0 Å². The predicted octanol–water partition coefficient (Wildman–Crippen LogP) is 4.22. The number of hydrogen-bond donors (Lipinski definition) is 1. The lowest BCUT2D eigenvalue weighted by Crippen LogP contribution is -2.06. The van der Waals surface area contributed by atoms with Crippen LogP contribution in [0.2, 0.25) is 0 Å². The maximum Gasteiger partial charge on any atom is 0.416 e. The number of halogens is 3. The van der Waals surface area contributed by atoms with Crippen molar-refractivity contribution in [3.63, 3.8) is 0 Å². The van der Waals surface area contributed by atoms with E-state index in [1.807, 2.05) is 0 Å². The highest BCUT2D eigenvalue weighted by atomic mass is 19.4. The van der Waals surface area contributed by atoms with E-state index in [1.54, 1.807) is 0 Å². The monoisotopic (exact) mass is 337 g/mol. The molecular weight excluding hydrogens is 327 g/mol. The third-order valence-corrected chi connectivity index (χ3v) is 3.10. The summed E-state index contributed by atoms with van der Waals surface area (Å²) in [5.74, 6) is -1.21. The maximum atomic E-state index is 12.6. The van der Waals surface area contributed by atoms with E-state index in [9.17, 15) is 33.2 Å². The molecule has 0 aliphatic rings. The number of phenolic OH excluding ortho intramolecular Hbond substituents is 1. The van der Waals surface area contributed by atoms with Crippen molar-refractivity contribution in [3.05, 3.63) is 75.3 Å². The topological polar surface area (TPSA) is 80.4 Å². The summed E-state index contributed by atoms with van der Waals surface area (Å²) in [6.45, 7) is 0. The Hall–Kier alpha value is -3.16. The van der Waals surface area contributed by atoms with Crippen LogP contribution in [0.15, 0.2) is 48.5 Å². The standard InChI is InChI=1S/C16H10F3NO4/c17-16(18,19)12-3-1-2-11(9-12)14(21)6-4-10-5-7-15(22)13(8-10)20(23)24/h1-9,22H. The number of carbonyl (C=O) groups excluding carboxylic acids is 1. The highest BCUT2D eigenvalue weighted by Gasteiger charge is 2.30. The van der Waals surface area contributed by atoms with Crippen LogP contribution in [0.25, 0.3) is 6.08 Å². The van der Waals surface area contributed by atoms with Gasteiger partial charge in [-0.3, -0.25) is 14.9 Å². The van der Waals surface area contributed by atoms with Gasteiger partial charge in [0.1, 0.15) is 0 Å². The quantitative estimate of drug-likeness (QED) is 0.392. The number of rotatable bonds is 4. The van der Waals surface area contributed by atoms with Gasteiger partial charge < -0.3 is 5.11 Å². The van der Waals surface area contributed by atoms with Gasteiger partial charge in [-0.05, 0) is 29.8 Å². The Labute approximate surface area is 133 Å². The van der Waals surface area contributed by atoms with Crippen molar-refractivity contribution in [1.82, 2.24) is 0 Å². The Kier molecular flexibility index (Phi) is 4.68. The Morgan fingerprint density at radius 3 is 2.50 bits per heavy atom. The number of nitro groups is 1. The number of aromatic hydroxyl groups is 1. The lowest BCUT2D eigenvalue weighted by atomic mass is 10.1.